The van der Waals surface area contributed by atoms with Gasteiger partial charge < -0.3 is 9.72 Å². The van der Waals surface area contributed by atoms with Crippen LogP contribution in [0, 0.1) is 0 Å². The summed E-state index contributed by atoms with van der Waals surface area (Å²) in [5.74, 6) is -0.513. The summed E-state index contributed by atoms with van der Waals surface area (Å²) in [5.41, 5.74) is 3.97. The van der Waals surface area contributed by atoms with Gasteiger partial charge in [-0.1, -0.05) is 83.6 Å². The molecule has 0 saturated heterocycles. The van der Waals surface area contributed by atoms with Crippen LogP contribution in [0.4, 0.5) is 0 Å². The monoisotopic (exact) mass is 539 g/mol. The number of nitrogens with one attached hydrogen (secondary N) is 1. The van der Waals surface area contributed by atoms with E-state index in [9.17, 15) is 9.59 Å². The number of para-hydroxylation sites is 1. The van der Waals surface area contributed by atoms with Crippen molar-refractivity contribution in [3.8, 4) is 0 Å². The third-order valence-corrected chi connectivity index (χ3v) is 7.70. The molecule has 3 aromatic carbocycles. The lowest BCUT2D eigenvalue weighted by molar-refractivity contribution is -0.138. The van der Waals surface area contributed by atoms with Gasteiger partial charge in [-0.05, 0) is 36.8 Å². The van der Waals surface area contributed by atoms with Crippen LogP contribution in [0.15, 0.2) is 100 Å². The maximum absolute atomic E-state index is 14.0. The normalized spacial score (nSPS) is 15.4. The summed E-state index contributed by atoms with van der Waals surface area (Å²) >= 11 is 7.49. The molecule has 188 valence electrons. The van der Waals surface area contributed by atoms with E-state index < -0.39 is 12.0 Å². The lowest BCUT2D eigenvalue weighted by Crippen LogP contribution is -2.40. The average Bonchev–Trinajstić information content (AvgIpc) is 3.49. The highest BCUT2D eigenvalue weighted by molar-refractivity contribution is 7.07. The summed E-state index contributed by atoms with van der Waals surface area (Å²) in [7, 11) is 0. The number of aromatic nitrogens is 2. The molecule has 2 aromatic heterocycles. The van der Waals surface area contributed by atoms with Gasteiger partial charge in [-0.15, -0.1) is 0 Å². The van der Waals surface area contributed by atoms with E-state index in [0.717, 1.165) is 27.6 Å². The third kappa shape index (κ3) is 4.20. The standard InChI is InChI=1S/C30H22ClN3O3S/c1-2-37-29(36)25-26(18-8-4-3-5-9-18)33-30-34(27(25)19-12-14-21(31)15-13-19)28(35)24(38-30)16-20-17-32-23-11-7-6-10-22(20)23/h3-17,27,32H,2H2,1H3/b24-16-/t27-/m1/s1. The number of carbonyl (C=O) groups is 1. The van der Waals surface area contributed by atoms with Gasteiger partial charge in [0.05, 0.1) is 28.5 Å². The summed E-state index contributed by atoms with van der Waals surface area (Å²) in [4.78, 5) is 36.1. The van der Waals surface area contributed by atoms with Gasteiger partial charge in [0, 0.05) is 33.2 Å². The Bertz CT molecular complexity index is 1880. The van der Waals surface area contributed by atoms with E-state index in [2.05, 4.69) is 4.98 Å². The van der Waals surface area contributed by atoms with Crippen LogP contribution >= 0.6 is 22.9 Å². The van der Waals surface area contributed by atoms with E-state index >= 15 is 0 Å². The van der Waals surface area contributed by atoms with Crippen LogP contribution in [-0.2, 0) is 9.53 Å². The fourth-order valence-corrected chi connectivity index (χ4v) is 5.87. The Balaban J connectivity index is 1.65. The molecular formula is C30H22ClN3O3S. The highest BCUT2D eigenvalue weighted by Crippen LogP contribution is 2.35. The van der Waals surface area contributed by atoms with Gasteiger partial charge in [0.25, 0.3) is 5.56 Å². The minimum Gasteiger partial charge on any atom is -0.463 e. The molecule has 0 unspecified atom stereocenters. The Morgan fingerprint density at radius 3 is 2.58 bits per heavy atom. The van der Waals surface area contributed by atoms with E-state index in [-0.39, 0.29) is 12.2 Å². The van der Waals surface area contributed by atoms with Crippen molar-refractivity contribution in [3.63, 3.8) is 0 Å². The maximum atomic E-state index is 14.0. The molecule has 1 aliphatic heterocycles. The number of esters is 1. The Hall–Kier alpha value is -4.20. The SMILES string of the molecule is CCOC(=O)C1=C(c2ccccc2)N=c2s/c(=C\c3c[nH]c4ccccc34)c(=O)n2[C@@H]1c1ccc(Cl)cc1. The molecule has 0 amide bonds. The molecule has 1 N–H and O–H groups in total. The van der Waals surface area contributed by atoms with Crippen molar-refractivity contribution >= 4 is 51.6 Å². The zero-order valence-electron chi connectivity index (χ0n) is 20.4. The second-order valence-corrected chi connectivity index (χ2v) is 10.2. The molecular weight excluding hydrogens is 518 g/mol. The van der Waals surface area contributed by atoms with Crippen LogP contribution in [0.25, 0.3) is 22.7 Å². The molecule has 0 radical (unpaired) electrons. The fourth-order valence-electron chi connectivity index (χ4n) is 4.76. The zero-order chi connectivity index (χ0) is 26.2. The largest absolute Gasteiger partial charge is 0.463 e. The summed E-state index contributed by atoms with van der Waals surface area (Å²) < 4.78 is 7.61. The molecule has 38 heavy (non-hydrogen) atoms. The number of hydrogen-bond donors (Lipinski definition) is 1. The summed E-state index contributed by atoms with van der Waals surface area (Å²) in [6.07, 6.45) is 3.76. The molecule has 3 heterocycles. The van der Waals surface area contributed by atoms with E-state index in [4.69, 9.17) is 21.3 Å². The first-order chi connectivity index (χ1) is 18.5. The van der Waals surface area contributed by atoms with Crippen LogP contribution in [-0.4, -0.2) is 22.1 Å². The van der Waals surface area contributed by atoms with Gasteiger partial charge in [0.1, 0.15) is 0 Å². The Kier molecular flexibility index (Phi) is 6.31. The van der Waals surface area contributed by atoms with Crippen molar-refractivity contribution in [2.75, 3.05) is 6.61 Å². The number of H-pyrrole nitrogens is 1. The maximum Gasteiger partial charge on any atom is 0.338 e. The number of hydrogen-bond acceptors (Lipinski definition) is 5. The number of nitrogens with zero attached hydrogens (tertiary/aromatic N) is 2. The molecule has 5 aromatic rings. The van der Waals surface area contributed by atoms with E-state index in [1.807, 2.05) is 79.0 Å². The fraction of sp³-hybridized carbons (Fsp3) is 0.100. The summed E-state index contributed by atoms with van der Waals surface area (Å²) in [6, 6.07) is 23.9. The van der Waals surface area contributed by atoms with E-state index in [1.165, 1.54) is 11.3 Å². The van der Waals surface area contributed by atoms with Crippen molar-refractivity contribution in [2.45, 2.75) is 13.0 Å². The first kappa shape index (κ1) is 24.2. The van der Waals surface area contributed by atoms with Gasteiger partial charge >= 0.3 is 5.97 Å². The molecule has 0 spiro atoms. The Morgan fingerprint density at radius 1 is 1.08 bits per heavy atom. The number of thiazole rings is 1. The number of ether oxygens (including phenoxy) is 1. The van der Waals surface area contributed by atoms with Crippen LogP contribution < -0.4 is 14.9 Å². The van der Waals surface area contributed by atoms with Crippen molar-refractivity contribution in [2.24, 2.45) is 4.99 Å². The van der Waals surface area contributed by atoms with Crippen molar-refractivity contribution in [1.29, 1.82) is 0 Å². The van der Waals surface area contributed by atoms with E-state index in [1.54, 1.807) is 23.6 Å². The smallest absolute Gasteiger partial charge is 0.338 e. The van der Waals surface area contributed by atoms with Crippen LogP contribution in [0.3, 0.4) is 0 Å². The quantitative estimate of drug-likeness (QED) is 0.317. The number of aromatic amines is 1. The number of carbonyl (C=O) groups excluding carboxylic acids is 1. The zero-order valence-corrected chi connectivity index (χ0v) is 21.9. The molecule has 6 nitrogen and oxygen atoms in total. The first-order valence-corrected chi connectivity index (χ1v) is 13.3. The first-order valence-electron chi connectivity index (χ1n) is 12.1. The van der Waals surface area contributed by atoms with Crippen molar-refractivity contribution in [3.05, 3.63) is 132 Å². The van der Waals surface area contributed by atoms with Crippen LogP contribution in [0.1, 0.15) is 29.7 Å². The third-order valence-electron chi connectivity index (χ3n) is 6.47. The molecule has 8 heteroatoms. The molecule has 6 rings (SSSR count). The minimum atomic E-state index is -0.733. The second kappa shape index (κ2) is 9.93. The summed E-state index contributed by atoms with van der Waals surface area (Å²) in [5, 5.41) is 1.58. The van der Waals surface area contributed by atoms with Crippen LogP contribution in [0.2, 0.25) is 5.02 Å². The van der Waals surface area contributed by atoms with Gasteiger partial charge in [-0.3, -0.25) is 9.36 Å². The molecule has 0 aliphatic carbocycles. The predicted molar refractivity (Wildman–Crippen MR) is 151 cm³/mol. The van der Waals surface area contributed by atoms with Gasteiger partial charge in [-0.2, -0.15) is 0 Å². The molecule has 0 bridgehead atoms. The molecule has 1 aliphatic rings. The van der Waals surface area contributed by atoms with Crippen molar-refractivity contribution < 1.29 is 9.53 Å². The molecule has 0 fully saturated rings. The number of fused-ring (bicyclic) bond motifs is 2. The number of rotatable bonds is 5. The van der Waals surface area contributed by atoms with Crippen molar-refractivity contribution in [1.82, 2.24) is 9.55 Å². The minimum absolute atomic E-state index is 0.197. The Labute approximate surface area is 226 Å². The highest BCUT2D eigenvalue weighted by Gasteiger charge is 2.35. The molecule has 0 saturated carbocycles. The topological polar surface area (TPSA) is 76.4 Å². The lowest BCUT2D eigenvalue weighted by Gasteiger charge is -2.25. The van der Waals surface area contributed by atoms with E-state index in [0.29, 0.717) is 25.6 Å². The number of halogens is 1. The Morgan fingerprint density at radius 2 is 1.82 bits per heavy atom. The highest BCUT2D eigenvalue weighted by atomic mass is 35.5. The predicted octanol–water partition coefficient (Wildman–Crippen LogP) is 5.07. The van der Waals surface area contributed by atoms with Gasteiger partial charge in [0.2, 0.25) is 0 Å². The van der Waals surface area contributed by atoms with Gasteiger partial charge in [-0.25, -0.2) is 9.79 Å². The summed E-state index contributed by atoms with van der Waals surface area (Å²) in [6.45, 7) is 1.96. The average molecular weight is 540 g/mol. The molecule has 1 atom stereocenters. The number of benzene rings is 3. The van der Waals surface area contributed by atoms with Crippen LogP contribution in [0.5, 0.6) is 0 Å². The lowest BCUT2D eigenvalue weighted by atomic mass is 9.93. The van der Waals surface area contributed by atoms with Gasteiger partial charge in [0.15, 0.2) is 4.80 Å². The second-order valence-electron chi connectivity index (χ2n) is 8.77.